The summed E-state index contributed by atoms with van der Waals surface area (Å²) in [6.45, 7) is 0.478. The molecule has 0 atom stereocenters. The molecule has 5 heteroatoms. The molecule has 0 saturated carbocycles. The van der Waals surface area contributed by atoms with Crippen LogP contribution >= 0.6 is 0 Å². The summed E-state index contributed by atoms with van der Waals surface area (Å²) in [6.07, 6.45) is 3.20. The summed E-state index contributed by atoms with van der Waals surface area (Å²) in [5.74, 6) is -0.401. The molecule has 0 radical (unpaired) electrons. The van der Waals surface area contributed by atoms with Gasteiger partial charge in [-0.3, -0.25) is 4.79 Å². The molecule has 2 aromatic heterocycles. The van der Waals surface area contributed by atoms with Crippen LogP contribution < -0.4 is 4.90 Å². The summed E-state index contributed by atoms with van der Waals surface area (Å²) < 4.78 is 15.0. The predicted molar refractivity (Wildman–Crippen MR) is 103 cm³/mol. The number of imidazole rings is 1. The summed E-state index contributed by atoms with van der Waals surface area (Å²) in [6, 6.07) is 22.4. The number of amides is 1. The second kappa shape index (κ2) is 7.41. The van der Waals surface area contributed by atoms with E-state index in [9.17, 15) is 9.18 Å². The van der Waals surface area contributed by atoms with Crippen molar-refractivity contribution in [3.63, 3.8) is 0 Å². The van der Waals surface area contributed by atoms with E-state index < -0.39 is 0 Å². The number of benzene rings is 2. The highest BCUT2D eigenvalue weighted by Gasteiger charge is 2.18. The average Bonchev–Trinajstić information content (AvgIpc) is 3.08. The zero-order valence-electron chi connectivity index (χ0n) is 14.6. The van der Waals surface area contributed by atoms with Crippen molar-refractivity contribution in [2.75, 3.05) is 4.90 Å². The Kier molecular flexibility index (Phi) is 4.66. The fourth-order valence-corrected chi connectivity index (χ4v) is 3.05. The molecule has 2 heterocycles. The maximum Gasteiger partial charge on any atom is 0.233 e. The number of para-hydroxylation sites is 1. The molecule has 134 valence electrons. The highest BCUT2D eigenvalue weighted by Crippen LogP contribution is 2.19. The van der Waals surface area contributed by atoms with Crippen molar-refractivity contribution < 1.29 is 9.18 Å². The van der Waals surface area contributed by atoms with Gasteiger partial charge < -0.3 is 9.30 Å². The number of carbonyl (C=O) groups is 1. The molecule has 4 nitrogen and oxygen atoms in total. The molecule has 4 aromatic rings. The minimum absolute atomic E-state index is 0.0612. The van der Waals surface area contributed by atoms with Gasteiger partial charge in [-0.1, -0.05) is 48.5 Å². The van der Waals surface area contributed by atoms with Gasteiger partial charge in [-0.05, 0) is 29.8 Å². The standard InChI is InChI=1S/C22H18FN3O/c23-18-11-12-21-24-19(16-25(21)15-18)13-22(27)26(20-9-5-2-6-10-20)14-17-7-3-1-4-8-17/h1-12,15-16H,13-14H2. The third-order valence-corrected chi connectivity index (χ3v) is 4.35. The van der Waals surface area contributed by atoms with E-state index in [0.717, 1.165) is 11.3 Å². The Morgan fingerprint density at radius 2 is 1.63 bits per heavy atom. The predicted octanol–water partition coefficient (Wildman–Crippen LogP) is 4.25. The molecule has 0 bridgehead atoms. The molecule has 0 aliphatic heterocycles. The molecule has 0 aliphatic carbocycles. The highest BCUT2D eigenvalue weighted by atomic mass is 19.1. The number of hydrogen-bond acceptors (Lipinski definition) is 2. The lowest BCUT2D eigenvalue weighted by molar-refractivity contribution is -0.118. The van der Waals surface area contributed by atoms with Gasteiger partial charge in [-0.15, -0.1) is 0 Å². The molecular formula is C22H18FN3O. The van der Waals surface area contributed by atoms with E-state index in [1.165, 1.54) is 12.3 Å². The third-order valence-electron chi connectivity index (χ3n) is 4.35. The maximum absolute atomic E-state index is 13.4. The lowest BCUT2D eigenvalue weighted by Gasteiger charge is -2.23. The zero-order valence-corrected chi connectivity index (χ0v) is 14.6. The van der Waals surface area contributed by atoms with Gasteiger partial charge in [0.05, 0.1) is 18.7 Å². The summed E-state index contributed by atoms with van der Waals surface area (Å²) >= 11 is 0. The van der Waals surface area contributed by atoms with Crippen LogP contribution in [0.1, 0.15) is 11.3 Å². The van der Waals surface area contributed by atoms with Crippen molar-refractivity contribution in [3.8, 4) is 0 Å². The van der Waals surface area contributed by atoms with Crippen LogP contribution in [0.4, 0.5) is 10.1 Å². The van der Waals surface area contributed by atoms with Crippen LogP contribution in [0.5, 0.6) is 0 Å². The van der Waals surface area contributed by atoms with E-state index in [2.05, 4.69) is 4.98 Å². The van der Waals surface area contributed by atoms with Gasteiger partial charge in [0.15, 0.2) is 0 Å². The molecule has 1 amide bonds. The molecule has 0 aliphatic rings. The number of carbonyl (C=O) groups excluding carboxylic acids is 1. The fourth-order valence-electron chi connectivity index (χ4n) is 3.05. The van der Waals surface area contributed by atoms with Crippen molar-refractivity contribution in [2.24, 2.45) is 0 Å². The van der Waals surface area contributed by atoms with E-state index in [0.29, 0.717) is 17.9 Å². The van der Waals surface area contributed by atoms with Crippen LogP contribution in [0.15, 0.2) is 85.2 Å². The van der Waals surface area contributed by atoms with Gasteiger partial charge in [-0.2, -0.15) is 0 Å². The zero-order chi connectivity index (χ0) is 18.6. The Balaban J connectivity index is 1.61. The van der Waals surface area contributed by atoms with Gasteiger partial charge in [0, 0.05) is 18.1 Å². The van der Waals surface area contributed by atoms with Crippen LogP contribution in [-0.4, -0.2) is 15.3 Å². The van der Waals surface area contributed by atoms with Crippen molar-refractivity contribution in [2.45, 2.75) is 13.0 Å². The van der Waals surface area contributed by atoms with E-state index in [-0.39, 0.29) is 18.1 Å². The highest BCUT2D eigenvalue weighted by molar-refractivity contribution is 5.94. The number of halogens is 1. The maximum atomic E-state index is 13.4. The van der Waals surface area contributed by atoms with Crippen molar-refractivity contribution in [1.29, 1.82) is 0 Å². The minimum Gasteiger partial charge on any atom is -0.308 e. The van der Waals surface area contributed by atoms with Crippen LogP contribution in [0.25, 0.3) is 5.65 Å². The second-order valence-electron chi connectivity index (χ2n) is 6.32. The van der Waals surface area contributed by atoms with Crippen molar-refractivity contribution >= 4 is 17.2 Å². The Bertz CT molecular complexity index is 1060. The number of nitrogens with zero attached hydrogens (tertiary/aromatic N) is 3. The normalized spacial score (nSPS) is 10.9. The third kappa shape index (κ3) is 3.87. The Hall–Kier alpha value is -3.47. The van der Waals surface area contributed by atoms with Crippen LogP contribution in [-0.2, 0) is 17.8 Å². The lowest BCUT2D eigenvalue weighted by atomic mass is 10.1. The fraction of sp³-hybridized carbons (Fsp3) is 0.0909. The summed E-state index contributed by atoms with van der Waals surface area (Å²) in [5, 5.41) is 0. The van der Waals surface area contributed by atoms with Gasteiger partial charge in [-0.25, -0.2) is 9.37 Å². The number of fused-ring (bicyclic) bond motifs is 1. The molecule has 2 aromatic carbocycles. The van der Waals surface area contributed by atoms with Crippen LogP contribution in [0.3, 0.4) is 0 Å². The molecule has 27 heavy (non-hydrogen) atoms. The quantitative estimate of drug-likeness (QED) is 0.534. The van der Waals surface area contributed by atoms with Crippen LogP contribution in [0.2, 0.25) is 0 Å². The largest absolute Gasteiger partial charge is 0.308 e. The summed E-state index contributed by atoms with van der Waals surface area (Å²) in [5.41, 5.74) is 3.11. The lowest BCUT2D eigenvalue weighted by Crippen LogP contribution is -2.31. The minimum atomic E-state index is -0.340. The van der Waals surface area contributed by atoms with Gasteiger partial charge in [0.1, 0.15) is 11.5 Å². The number of anilines is 1. The topological polar surface area (TPSA) is 37.6 Å². The van der Waals surface area contributed by atoms with Gasteiger partial charge >= 0.3 is 0 Å². The van der Waals surface area contributed by atoms with E-state index >= 15 is 0 Å². The molecule has 0 saturated heterocycles. The average molecular weight is 359 g/mol. The molecule has 0 N–H and O–H groups in total. The Morgan fingerprint density at radius 1 is 0.926 bits per heavy atom. The molecule has 0 unspecified atom stereocenters. The Labute approximate surface area is 156 Å². The number of hydrogen-bond donors (Lipinski definition) is 0. The molecule has 0 spiro atoms. The smallest absolute Gasteiger partial charge is 0.233 e. The SMILES string of the molecule is O=C(Cc1cn2cc(F)ccc2n1)N(Cc1ccccc1)c1ccccc1. The van der Waals surface area contributed by atoms with E-state index in [4.69, 9.17) is 0 Å². The van der Waals surface area contributed by atoms with Gasteiger partial charge in [0.2, 0.25) is 5.91 Å². The summed E-state index contributed by atoms with van der Waals surface area (Å²) in [7, 11) is 0. The molecule has 0 fully saturated rings. The van der Waals surface area contributed by atoms with Crippen molar-refractivity contribution in [1.82, 2.24) is 9.38 Å². The monoisotopic (exact) mass is 359 g/mol. The molecular weight excluding hydrogens is 341 g/mol. The first-order chi connectivity index (χ1) is 13.2. The Morgan fingerprint density at radius 3 is 2.37 bits per heavy atom. The summed E-state index contributed by atoms with van der Waals surface area (Å²) in [4.78, 5) is 19.2. The first kappa shape index (κ1) is 17.0. The number of aromatic nitrogens is 2. The second-order valence-corrected chi connectivity index (χ2v) is 6.32. The molecule has 4 rings (SSSR count). The first-order valence-corrected chi connectivity index (χ1v) is 8.71. The van der Waals surface area contributed by atoms with E-state index in [1.54, 1.807) is 21.6 Å². The van der Waals surface area contributed by atoms with E-state index in [1.807, 2.05) is 60.7 Å². The van der Waals surface area contributed by atoms with Crippen LogP contribution in [0, 0.1) is 5.82 Å². The van der Waals surface area contributed by atoms with Crippen molar-refractivity contribution in [3.05, 3.63) is 102 Å². The number of rotatable bonds is 5. The first-order valence-electron chi connectivity index (χ1n) is 8.71. The number of pyridine rings is 1. The van der Waals surface area contributed by atoms with Gasteiger partial charge in [0.25, 0.3) is 0 Å².